The molecular weight excluding hydrogens is 449 g/mol. The highest BCUT2D eigenvalue weighted by atomic mass is 35.5. The monoisotopic (exact) mass is 461 g/mol. The molecule has 30 heavy (non-hydrogen) atoms. The fraction of sp³-hybridized carbons (Fsp3) is 0.105. The van der Waals surface area contributed by atoms with Crippen molar-refractivity contribution in [1.82, 2.24) is 10.3 Å². The van der Waals surface area contributed by atoms with Crippen LogP contribution in [0.15, 0.2) is 42.6 Å². The quantitative estimate of drug-likeness (QED) is 0.332. The first-order valence-electron chi connectivity index (χ1n) is 8.30. The first-order valence-corrected chi connectivity index (χ1v) is 9.05. The second-order valence-electron chi connectivity index (χ2n) is 6.12. The summed E-state index contributed by atoms with van der Waals surface area (Å²) in [4.78, 5) is 14.7. The van der Waals surface area contributed by atoms with Crippen LogP contribution < -0.4 is 15.8 Å². The van der Waals surface area contributed by atoms with Gasteiger partial charge in [0.15, 0.2) is 11.6 Å². The molecule has 0 fully saturated rings. The number of ether oxygens (including phenoxy) is 1. The van der Waals surface area contributed by atoms with Crippen LogP contribution in [0.2, 0.25) is 10.0 Å². The van der Waals surface area contributed by atoms with Gasteiger partial charge >= 0.3 is 6.18 Å². The van der Waals surface area contributed by atoms with E-state index in [1.54, 1.807) is 0 Å². The molecule has 1 heterocycles. The number of carbonyl (C=O) groups excluding carboxylic acids is 1. The lowest BCUT2D eigenvalue weighted by molar-refractivity contribution is -0.137. The van der Waals surface area contributed by atoms with E-state index in [2.05, 4.69) is 10.3 Å². The van der Waals surface area contributed by atoms with E-state index in [4.69, 9.17) is 33.7 Å². The van der Waals surface area contributed by atoms with E-state index in [1.165, 1.54) is 24.4 Å². The second kappa shape index (κ2) is 8.45. The fourth-order valence-electron chi connectivity index (χ4n) is 2.55. The van der Waals surface area contributed by atoms with E-state index in [-0.39, 0.29) is 39.3 Å². The van der Waals surface area contributed by atoms with Gasteiger partial charge in [-0.05, 0) is 24.3 Å². The zero-order valence-corrected chi connectivity index (χ0v) is 16.4. The number of aromatic nitrogens is 1. The third-order valence-electron chi connectivity index (χ3n) is 3.97. The molecule has 11 heteroatoms. The number of hydrogen-bond donors (Lipinski definition) is 3. The molecule has 0 atom stereocenters. The van der Waals surface area contributed by atoms with Crippen molar-refractivity contribution in [3.05, 3.63) is 75.3 Å². The Balaban J connectivity index is 1.84. The minimum atomic E-state index is -4.67. The van der Waals surface area contributed by atoms with Gasteiger partial charge in [0.2, 0.25) is 0 Å². The summed E-state index contributed by atoms with van der Waals surface area (Å²) in [5.41, 5.74) is 4.30. The van der Waals surface area contributed by atoms with Crippen molar-refractivity contribution in [2.24, 2.45) is 0 Å². The molecule has 1 aromatic heterocycles. The maximum absolute atomic E-state index is 14.9. The number of benzene rings is 2. The Labute approximate surface area is 177 Å². The Kier molecular flexibility index (Phi) is 6.14. The van der Waals surface area contributed by atoms with Crippen LogP contribution in [0, 0.1) is 5.82 Å². The topological polar surface area (TPSA) is 80.1 Å². The summed E-state index contributed by atoms with van der Waals surface area (Å²) in [6.45, 7) is -0.252. The van der Waals surface area contributed by atoms with E-state index in [1.807, 2.05) is 0 Å². The molecule has 1 amide bonds. The maximum Gasteiger partial charge on any atom is 0.416 e. The molecule has 0 radical (unpaired) electrons. The lowest BCUT2D eigenvalue weighted by Gasteiger charge is -2.14. The number of anilines is 1. The molecule has 0 aliphatic carbocycles. The Morgan fingerprint density at radius 2 is 1.87 bits per heavy atom. The number of carbonyl (C=O) groups is 1. The summed E-state index contributed by atoms with van der Waals surface area (Å²) in [5, 5.41) is 2.48. The molecule has 3 rings (SSSR count). The van der Waals surface area contributed by atoms with Gasteiger partial charge in [0.1, 0.15) is 11.4 Å². The van der Waals surface area contributed by atoms with E-state index >= 15 is 0 Å². The predicted octanol–water partition coefficient (Wildman–Crippen LogP) is 5.78. The predicted molar refractivity (Wildman–Crippen MR) is 104 cm³/mol. The van der Waals surface area contributed by atoms with Gasteiger partial charge < -0.3 is 20.8 Å². The van der Waals surface area contributed by atoms with Crippen molar-refractivity contribution in [3.8, 4) is 11.5 Å². The van der Waals surface area contributed by atoms with Gasteiger partial charge in [-0.3, -0.25) is 4.79 Å². The third kappa shape index (κ3) is 4.80. The first-order chi connectivity index (χ1) is 14.1. The van der Waals surface area contributed by atoms with Crippen molar-refractivity contribution in [2.45, 2.75) is 12.7 Å². The van der Waals surface area contributed by atoms with E-state index < -0.39 is 29.2 Å². The van der Waals surface area contributed by atoms with Gasteiger partial charge in [-0.25, -0.2) is 4.39 Å². The van der Waals surface area contributed by atoms with Crippen LogP contribution in [0.25, 0.3) is 0 Å². The number of hydrogen-bond acceptors (Lipinski definition) is 3. The van der Waals surface area contributed by atoms with Gasteiger partial charge in [-0.15, -0.1) is 0 Å². The number of aromatic amines is 1. The zero-order valence-electron chi connectivity index (χ0n) is 14.9. The first kappa shape index (κ1) is 21.8. The molecule has 0 unspecified atom stereocenters. The summed E-state index contributed by atoms with van der Waals surface area (Å²) >= 11 is 11.8. The van der Waals surface area contributed by atoms with Crippen LogP contribution in [0.3, 0.4) is 0 Å². The average Bonchev–Trinajstić information content (AvgIpc) is 3.09. The Hall–Kier alpha value is -2.91. The number of H-pyrrole nitrogens is 1. The van der Waals surface area contributed by atoms with Gasteiger partial charge in [-0.1, -0.05) is 29.3 Å². The molecule has 0 bridgehead atoms. The molecule has 0 saturated carbocycles. The maximum atomic E-state index is 14.9. The van der Waals surface area contributed by atoms with Crippen molar-refractivity contribution in [2.75, 3.05) is 5.73 Å². The Morgan fingerprint density at radius 1 is 1.13 bits per heavy atom. The molecule has 0 spiro atoms. The Morgan fingerprint density at radius 3 is 2.50 bits per heavy atom. The largest absolute Gasteiger partial charge is 0.453 e. The number of amides is 1. The molecule has 158 valence electrons. The smallest absolute Gasteiger partial charge is 0.416 e. The zero-order chi connectivity index (χ0) is 22.1. The highest BCUT2D eigenvalue weighted by Gasteiger charge is 2.31. The van der Waals surface area contributed by atoms with E-state index in [9.17, 15) is 22.4 Å². The van der Waals surface area contributed by atoms with Crippen molar-refractivity contribution >= 4 is 34.8 Å². The van der Waals surface area contributed by atoms with Crippen LogP contribution in [-0.4, -0.2) is 10.9 Å². The molecule has 0 aliphatic heterocycles. The van der Waals surface area contributed by atoms with E-state index in [0.29, 0.717) is 6.07 Å². The Bertz CT molecular complexity index is 1100. The molecular formula is C19H13Cl2F4N3O2. The van der Waals surface area contributed by atoms with Crippen LogP contribution in [0.1, 0.15) is 21.6 Å². The summed E-state index contributed by atoms with van der Waals surface area (Å²) in [7, 11) is 0. The average molecular weight is 462 g/mol. The summed E-state index contributed by atoms with van der Waals surface area (Å²) in [6.07, 6.45) is -3.20. The molecule has 3 aromatic rings. The number of rotatable bonds is 5. The minimum absolute atomic E-state index is 0.00891. The van der Waals surface area contributed by atoms with Gasteiger partial charge in [0.25, 0.3) is 5.91 Å². The van der Waals surface area contributed by atoms with Gasteiger partial charge in [0, 0.05) is 30.1 Å². The molecule has 4 N–H and O–H groups in total. The third-order valence-corrected chi connectivity index (χ3v) is 4.58. The second-order valence-corrected chi connectivity index (χ2v) is 6.94. The summed E-state index contributed by atoms with van der Waals surface area (Å²) in [6, 6.07) is 6.58. The van der Waals surface area contributed by atoms with Crippen LogP contribution >= 0.6 is 23.2 Å². The highest BCUT2D eigenvalue weighted by Crippen LogP contribution is 2.38. The summed E-state index contributed by atoms with van der Waals surface area (Å²) in [5.74, 6) is -2.37. The number of nitrogens with two attached hydrogens (primary N) is 1. The van der Waals surface area contributed by atoms with E-state index in [0.717, 1.165) is 12.1 Å². The summed E-state index contributed by atoms with van der Waals surface area (Å²) < 4.78 is 59.0. The number of nitrogens with one attached hydrogen (secondary N) is 2. The lowest BCUT2D eigenvalue weighted by Crippen LogP contribution is -2.24. The molecule has 0 aliphatic rings. The lowest BCUT2D eigenvalue weighted by atomic mass is 10.1. The van der Waals surface area contributed by atoms with Crippen LogP contribution in [0.5, 0.6) is 11.5 Å². The number of halogens is 6. The number of nitrogen functional groups attached to an aromatic ring is 1. The van der Waals surface area contributed by atoms with Crippen LogP contribution in [-0.2, 0) is 12.7 Å². The van der Waals surface area contributed by atoms with Gasteiger partial charge in [-0.2, -0.15) is 13.2 Å². The molecule has 5 nitrogen and oxygen atoms in total. The SMILES string of the molecule is Nc1cc(Oc2c(Cl)ccc(CNC(=O)c3[nH]ccc3Cl)c2F)cc(C(F)(F)F)c1. The van der Waals surface area contributed by atoms with Crippen molar-refractivity contribution in [3.63, 3.8) is 0 Å². The number of alkyl halides is 3. The highest BCUT2D eigenvalue weighted by molar-refractivity contribution is 6.33. The standard InChI is InChI=1S/C19H13Cl2F4N3O2/c20-13-3-4-27-16(13)18(29)28-8-9-1-2-14(21)17(15(9)22)30-12-6-10(19(23,24)25)5-11(26)7-12/h1-7,27H,8,26H2,(H,28,29). The van der Waals surface area contributed by atoms with Crippen molar-refractivity contribution < 1.29 is 27.1 Å². The molecule has 0 saturated heterocycles. The van der Waals surface area contributed by atoms with Crippen molar-refractivity contribution in [1.29, 1.82) is 0 Å². The van der Waals surface area contributed by atoms with Crippen LogP contribution in [0.4, 0.5) is 23.2 Å². The van der Waals surface area contributed by atoms with Gasteiger partial charge in [0.05, 0.1) is 15.6 Å². The fourth-order valence-corrected chi connectivity index (χ4v) is 2.94. The molecule has 2 aromatic carbocycles. The minimum Gasteiger partial charge on any atom is -0.453 e. The normalized spacial score (nSPS) is 11.4.